The zero-order valence-electron chi connectivity index (χ0n) is 19.1. The van der Waals surface area contributed by atoms with Gasteiger partial charge < -0.3 is 15.1 Å². The smallest absolute Gasteiger partial charge is 0.264 e. The van der Waals surface area contributed by atoms with Gasteiger partial charge >= 0.3 is 0 Å². The standard InChI is InChI=1S/C28H28N2O4/c1-17(31)16-28(34)22-10-2-3-11-23(22)30(27(28)33)19-12-14-29(15-13-19)25-20-8-4-6-18-7-5-9-21(24(18)20)26(25)32/h2-11,19,25-26,32,34H,12-16H2,1H3. The number of nitrogens with zero attached hydrogens (tertiary/aromatic N) is 2. The van der Waals surface area contributed by atoms with Crippen LogP contribution in [-0.4, -0.2) is 45.9 Å². The van der Waals surface area contributed by atoms with Crippen molar-refractivity contribution in [2.24, 2.45) is 0 Å². The van der Waals surface area contributed by atoms with Crippen LogP contribution < -0.4 is 4.90 Å². The van der Waals surface area contributed by atoms with Crippen LogP contribution in [0.2, 0.25) is 0 Å². The minimum absolute atomic E-state index is 0.0670. The fourth-order valence-electron chi connectivity index (χ4n) is 6.40. The summed E-state index contributed by atoms with van der Waals surface area (Å²) in [4.78, 5) is 29.4. The fourth-order valence-corrected chi connectivity index (χ4v) is 6.40. The summed E-state index contributed by atoms with van der Waals surface area (Å²) < 4.78 is 0. The number of ketones is 1. The van der Waals surface area contributed by atoms with Gasteiger partial charge in [-0.05, 0) is 47.7 Å². The Morgan fingerprint density at radius 3 is 2.38 bits per heavy atom. The summed E-state index contributed by atoms with van der Waals surface area (Å²) in [6, 6.07) is 19.4. The molecule has 2 N–H and O–H groups in total. The molecule has 0 spiro atoms. The van der Waals surface area contributed by atoms with Crippen LogP contribution in [0.25, 0.3) is 10.8 Å². The monoisotopic (exact) mass is 456 g/mol. The maximum atomic E-state index is 13.5. The molecule has 1 fully saturated rings. The van der Waals surface area contributed by atoms with Gasteiger partial charge in [-0.15, -0.1) is 0 Å². The molecule has 0 aromatic heterocycles. The molecule has 2 heterocycles. The van der Waals surface area contributed by atoms with Gasteiger partial charge in [0.05, 0.1) is 17.8 Å². The van der Waals surface area contributed by atoms with Gasteiger partial charge in [0.2, 0.25) is 0 Å². The predicted octanol–water partition coefficient (Wildman–Crippen LogP) is 3.61. The van der Waals surface area contributed by atoms with Gasteiger partial charge in [0, 0.05) is 31.1 Å². The molecule has 0 radical (unpaired) electrons. The van der Waals surface area contributed by atoms with Crippen molar-refractivity contribution in [1.29, 1.82) is 0 Å². The molecule has 3 aromatic carbocycles. The number of carbonyl (C=O) groups excluding carboxylic acids is 2. The number of likely N-dealkylation sites (tertiary alicyclic amines) is 1. The van der Waals surface area contributed by atoms with Crippen molar-refractivity contribution in [1.82, 2.24) is 4.90 Å². The number of anilines is 1. The number of para-hydroxylation sites is 1. The third-order valence-corrected chi connectivity index (χ3v) is 7.85. The van der Waals surface area contributed by atoms with Crippen LogP contribution in [0.1, 0.15) is 55.0 Å². The molecule has 6 nitrogen and oxygen atoms in total. The number of fused-ring (bicyclic) bond motifs is 1. The quantitative estimate of drug-likeness (QED) is 0.627. The first-order valence-electron chi connectivity index (χ1n) is 12.0. The number of amides is 1. The van der Waals surface area contributed by atoms with Crippen LogP contribution in [0.5, 0.6) is 0 Å². The third-order valence-electron chi connectivity index (χ3n) is 7.85. The number of carbonyl (C=O) groups is 2. The Hall–Kier alpha value is -3.06. The minimum atomic E-state index is -1.79. The number of rotatable bonds is 4. The lowest BCUT2D eigenvalue weighted by Gasteiger charge is -2.41. The SMILES string of the molecule is CC(=O)CC1(O)C(=O)N(C2CCN(C3c4cccc5cccc(c45)C3O)CC2)c2ccccc21. The molecule has 1 amide bonds. The van der Waals surface area contributed by atoms with E-state index in [1.807, 2.05) is 24.3 Å². The number of piperidine rings is 1. The topological polar surface area (TPSA) is 81.1 Å². The van der Waals surface area contributed by atoms with Crippen molar-refractivity contribution in [3.8, 4) is 0 Å². The molecule has 3 atom stereocenters. The van der Waals surface area contributed by atoms with E-state index in [9.17, 15) is 19.8 Å². The Kier molecular flexibility index (Phi) is 4.88. The van der Waals surface area contributed by atoms with Crippen molar-refractivity contribution in [2.75, 3.05) is 18.0 Å². The number of aliphatic hydroxyl groups excluding tert-OH is 1. The van der Waals surface area contributed by atoms with Gasteiger partial charge in [-0.25, -0.2) is 0 Å². The van der Waals surface area contributed by atoms with Crippen molar-refractivity contribution in [3.63, 3.8) is 0 Å². The Bertz CT molecular complexity index is 1310. The van der Waals surface area contributed by atoms with Crippen LogP contribution in [0.3, 0.4) is 0 Å². The Labute approximate surface area is 198 Å². The van der Waals surface area contributed by atoms with Gasteiger partial charge in [-0.2, -0.15) is 0 Å². The van der Waals surface area contributed by atoms with Crippen LogP contribution in [0.15, 0.2) is 60.7 Å². The molecule has 3 unspecified atom stereocenters. The van der Waals surface area contributed by atoms with Crippen molar-refractivity contribution in [3.05, 3.63) is 77.4 Å². The first-order valence-corrected chi connectivity index (χ1v) is 12.0. The molecular formula is C28H28N2O4. The normalized spacial score (nSPS) is 26.9. The van der Waals surface area contributed by atoms with Gasteiger partial charge in [0.15, 0.2) is 5.60 Å². The van der Waals surface area contributed by atoms with E-state index in [0.717, 1.165) is 47.8 Å². The Morgan fingerprint density at radius 2 is 1.68 bits per heavy atom. The van der Waals surface area contributed by atoms with Crippen LogP contribution >= 0.6 is 0 Å². The molecular weight excluding hydrogens is 428 g/mol. The highest BCUT2D eigenvalue weighted by Gasteiger charge is 2.52. The van der Waals surface area contributed by atoms with E-state index in [1.54, 1.807) is 17.0 Å². The lowest BCUT2D eigenvalue weighted by Crippen LogP contribution is -2.50. The second-order valence-electron chi connectivity index (χ2n) is 9.88. The summed E-state index contributed by atoms with van der Waals surface area (Å²) in [6.45, 7) is 2.86. The lowest BCUT2D eigenvalue weighted by atomic mass is 9.90. The maximum absolute atomic E-state index is 13.5. The molecule has 6 heteroatoms. The minimum Gasteiger partial charge on any atom is -0.386 e. The molecule has 2 aliphatic heterocycles. The molecule has 174 valence electrons. The number of hydrogen-bond acceptors (Lipinski definition) is 5. The highest BCUT2D eigenvalue weighted by atomic mass is 16.3. The molecule has 1 aliphatic carbocycles. The molecule has 1 saturated heterocycles. The average molecular weight is 457 g/mol. The van der Waals surface area contributed by atoms with Gasteiger partial charge in [0.1, 0.15) is 5.78 Å². The van der Waals surface area contributed by atoms with Crippen molar-refractivity contribution >= 4 is 28.2 Å². The zero-order chi connectivity index (χ0) is 23.6. The molecule has 3 aromatic rings. The first kappa shape index (κ1) is 21.5. The Morgan fingerprint density at radius 1 is 1.00 bits per heavy atom. The van der Waals surface area contributed by atoms with Crippen LogP contribution in [0, 0.1) is 0 Å². The summed E-state index contributed by atoms with van der Waals surface area (Å²) in [5, 5.41) is 24.8. The van der Waals surface area contributed by atoms with E-state index in [2.05, 4.69) is 29.2 Å². The summed E-state index contributed by atoms with van der Waals surface area (Å²) in [5.41, 5.74) is 1.58. The Balaban J connectivity index is 1.26. The molecule has 0 saturated carbocycles. The predicted molar refractivity (Wildman–Crippen MR) is 129 cm³/mol. The number of benzene rings is 3. The second-order valence-corrected chi connectivity index (χ2v) is 9.88. The van der Waals surface area contributed by atoms with Gasteiger partial charge in [-0.3, -0.25) is 14.5 Å². The molecule has 0 bridgehead atoms. The summed E-state index contributed by atoms with van der Waals surface area (Å²) in [7, 11) is 0. The molecule has 6 rings (SSSR count). The van der Waals surface area contributed by atoms with E-state index in [4.69, 9.17) is 0 Å². The van der Waals surface area contributed by atoms with Crippen LogP contribution in [0.4, 0.5) is 5.69 Å². The average Bonchev–Trinajstić information content (AvgIpc) is 3.24. The summed E-state index contributed by atoms with van der Waals surface area (Å²) in [5.74, 6) is -0.619. The summed E-state index contributed by atoms with van der Waals surface area (Å²) >= 11 is 0. The number of hydrogen-bond donors (Lipinski definition) is 2. The van der Waals surface area contributed by atoms with Crippen molar-refractivity contribution < 1.29 is 19.8 Å². The first-order chi connectivity index (χ1) is 16.4. The van der Waals surface area contributed by atoms with E-state index in [0.29, 0.717) is 11.3 Å². The highest BCUT2D eigenvalue weighted by molar-refractivity contribution is 6.09. The largest absolute Gasteiger partial charge is 0.386 e. The van der Waals surface area contributed by atoms with E-state index < -0.39 is 17.6 Å². The third kappa shape index (κ3) is 2.99. The maximum Gasteiger partial charge on any atom is 0.264 e. The summed E-state index contributed by atoms with van der Waals surface area (Å²) in [6.07, 6.45) is 0.666. The van der Waals surface area contributed by atoms with E-state index in [-0.39, 0.29) is 24.3 Å². The van der Waals surface area contributed by atoms with Gasteiger partial charge in [0.25, 0.3) is 5.91 Å². The zero-order valence-corrected chi connectivity index (χ0v) is 19.1. The number of aliphatic hydroxyl groups is 2. The van der Waals surface area contributed by atoms with E-state index >= 15 is 0 Å². The second kappa shape index (κ2) is 7.73. The highest BCUT2D eigenvalue weighted by Crippen LogP contribution is 2.49. The van der Waals surface area contributed by atoms with Gasteiger partial charge in [-0.1, -0.05) is 54.6 Å². The molecule has 34 heavy (non-hydrogen) atoms. The fraction of sp³-hybridized carbons (Fsp3) is 0.357. The van der Waals surface area contributed by atoms with Crippen LogP contribution in [-0.2, 0) is 15.2 Å². The van der Waals surface area contributed by atoms with E-state index in [1.165, 1.54) is 6.92 Å². The van der Waals surface area contributed by atoms with Crippen molar-refractivity contribution in [2.45, 2.75) is 50.0 Å². The number of Topliss-reactive ketones (excluding diaryl/α,β-unsaturated/α-hetero) is 1. The lowest BCUT2D eigenvalue weighted by molar-refractivity contribution is -0.141. The molecule has 3 aliphatic rings.